The van der Waals surface area contributed by atoms with Crippen LogP contribution in [0.25, 0.3) is 0 Å². The van der Waals surface area contributed by atoms with Gasteiger partial charge in [-0.3, -0.25) is 9.48 Å². The minimum absolute atomic E-state index is 0.000123. The largest absolute Gasteiger partial charge is 0.348 e. The Kier molecular flexibility index (Phi) is 4.22. The van der Waals surface area contributed by atoms with E-state index < -0.39 is 0 Å². The zero-order valence-electron chi connectivity index (χ0n) is 13.7. The molecule has 0 atom stereocenters. The first kappa shape index (κ1) is 15.7. The van der Waals surface area contributed by atoms with E-state index in [2.05, 4.69) is 22.5 Å². The quantitative estimate of drug-likeness (QED) is 0.887. The van der Waals surface area contributed by atoms with Crippen LogP contribution in [-0.2, 0) is 12.0 Å². The number of hydrogen-bond acceptors (Lipinski definition) is 3. The van der Waals surface area contributed by atoms with E-state index in [1.54, 1.807) is 4.68 Å². The van der Waals surface area contributed by atoms with Gasteiger partial charge in [0.15, 0.2) is 0 Å². The van der Waals surface area contributed by atoms with Gasteiger partial charge in [-0.1, -0.05) is 30.3 Å². The number of amides is 1. The summed E-state index contributed by atoms with van der Waals surface area (Å²) < 4.78 is 1.75. The molecule has 0 aliphatic heterocycles. The molecule has 1 heterocycles. The summed E-state index contributed by atoms with van der Waals surface area (Å²) in [6.07, 6.45) is 1.77. The van der Waals surface area contributed by atoms with Gasteiger partial charge in [-0.25, -0.2) is 0 Å². The first-order chi connectivity index (χ1) is 11.1. The van der Waals surface area contributed by atoms with Crippen LogP contribution in [0.4, 0.5) is 0 Å². The van der Waals surface area contributed by atoms with Crippen LogP contribution in [0, 0.1) is 6.92 Å². The Morgan fingerprint density at radius 2 is 2.09 bits per heavy atom. The predicted molar refractivity (Wildman–Crippen MR) is 90.3 cm³/mol. The summed E-state index contributed by atoms with van der Waals surface area (Å²) in [6.45, 7) is 5.19. The van der Waals surface area contributed by atoms with E-state index >= 15 is 0 Å². The zero-order valence-corrected chi connectivity index (χ0v) is 13.7. The highest BCUT2D eigenvalue weighted by molar-refractivity contribution is 5.93. The molecule has 1 aliphatic carbocycles. The lowest BCUT2D eigenvalue weighted by atomic mass is 9.61. The van der Waals surface area contributed by atoms with E-state index in [4.69, 9.17) is 5.73 Å². The molecule has 1 aromatic heterocycles. The van der Waals surface area contributed by atoms with Crippen LogP contribution in [0.15, 0.2) is 36.4 Å². The predicted octanol–water partition coefficient (Wildman–Crippen LogP) is 2.00. The Morgan fingerprint density at radius 1 is 1.39 bits per heavy atom. The van der Waals surface area contributed by atoms with Crippen LogP contribution < -0.4 is 11.1 Å². The molecule has 23 heavy (non-hydrogen) atoms. The SMILES string of the molecule is CCn1nc(C)cc1C(=O)NC1CC(CN)(c2ccccc2)C1. The van der Waals surface area contributed by atoms with Crippen molar-refractivity contribution in [3.63, 3.8) is 0 Å². The van der Waals surface area contributed by atoms with E-state index in [9.17, 15) is 4.79 Å². The summed E-state index contributed by atoms with van der Waals surface area (Å²) in [5.41, 5.74) is 8.79. The number of aryl methyl sites for hydroxylation is 2. The highest BCUT2D eigenvalue weighted by Crippen LogP contribution is 2.43. The van der Waals surface area contributed by atoms with E-state index in [-0.39, 0.29) is 17.4 Å². The minimum Gasteiger partial charge on any atom is -0.348 e. The molecule has 1 aliphatic rings. The van der Waals surface area contributed by atoms with E-state index in [1.165, 1.54) is 5.56 Å². The summed E-state index contributed by atoms with van der Waals surface area (Å²) in [4.78, 5) is 12.5. The third kappa shape index (κ3) is 2.88. The molecule has 3 N–H and O–H groups in total. The molecule has 5 nitrogen and oxygen atoms in total. The second-order valence-electron chi connectivity index (χ2n) is 6.42. The van der Waals surface area contributed by atoms with Crippen molar-refractivity contribution in [2.24, 2.45) is 5.73 Å². The number of rotatable bonds is 5. The van der Waals surface area contributed by atoms with Gasteiger partial charge in [-0.05, 0) is 38.3 Å². The fourth-order valence-electron chi connectivity index (χ4n) is 3.53. The third-order valence-corrected chi connectivity index (χ3v) is 4.82. The van der Waals surface area contributed by atoms with Crippen molar-refractivity contribution in [2.75, 3.05) is 6.54 Å². The number of nitrogens with one attached hydrogen (secondary N) is 1. The normalized spacial score (nSPS) is 23.3. The Hall–Kier alpha value is -2.14. The molecule has 1 fully saturated rings. The van der Waals surface area contributed by atoms with Crippen molar-refractivity contribution in [3.05, 3.63) is 53.3 Å². The van der Waals surface area contributed by atoms with Gasteiger partial charge in [0.05, 0.1) is 5.69 Å². The fourth-order valence-corrected chi connectivity index (χ4v) is 3.53. The fraction of sp³-hybridized carbons (Fsp3) is 0.444. The van der Waals surface area contributed by atoms with Crippen molar-refractivity contribution in [3.8, 4) is 0 Å². The molecule has 0 spiro atoms. The molecule has 5 heteroatoms. The van der Waals surface area contributed by atoms with Gasteiger partial charge in [0, 0.05) is 24.5 Å². The lowest BCUT2D eigenvalue weighted by Gasteiger charge is -2.47. The van der Waals surface area contributed by atoms with Crippen molar-refractivity contribution in [2.45, 2.75) is 44.7 Å². The summed E-state index contributed by atoms with van der Waals surface area (Å²) in [5, 5.41) is 7.45. The summed E-state index contributed by atoms with van der Waals surface area (Å²) in [6, 6.07) is 12.4. The van der Waals surface area contributed by atoms with Crippen molar-refractivity contribution in [1.82, 2.24) is 15.1 Å². The first-order valence-electron chi connectivity index (χ1n) is 8.19. The maximum atomic E-state index is 12.5. The van der Waals surface area contributed by atoms with E-state index in [1.807, 2.05) is 38.1 Å². The van der Waals surface area contributed by atoms with E-state index in [0.29, 0.717) is 18.8 Å². The van der Waals surface area contributed by atoms with Crippen LogP contribution >= 0.6 is 0 Å². The molecule has 1 saturated carbocycles. The molecular weight excluding hydrogens is 288 g/mol. The monoisotopic (exact) mass is 312 g/mol. The van der Waals surface area contributed by atoms with Gasteiger partial charge in [0.25, 0.3) is 5.91 Å². The maximum Gasteiger partial charge on any atom is 0.269 e. The standard InChI is InChI=1S/C18H24N4O/c1-3-22-16(9-13(2)21-22)17(23)20-15-10-18(11-15,12-19)14-7-5-4-6-8-14/h4-9,15H,3,10-12,19H2,1-2H3,(H,20,23). The number of aromatic nitrogens is 2. The van der Waals surface area contributed by atoms with Crippen LogP contribution in [0.2, 0.25) is 0 Å². The highest BCUT2D eigenvalue weighted by Gasteiger charge is 2.45. The zero-order chi connectivity index (χ0) is 16.4. The van der Waals surface area contributed by atoms with Crippen LogP contribution in [0.3, 0.4) is 0 Å². The molecule has 0 saturated heterocycles. The lowest BCUT2D eigenvalue weighted by Crippen LogP contribution is -2.56. The van der Waals surface area contributed by atoms with Crippen LogP contribution in [-0.4, -0.2) is 28.3 Å². The number of carbonyl (C=O) groups is 1. The average Bonchev–Trinajstić information content (AvgIpc) is 2.92. The Balaban J connectivity index is 1.66. The Bertz CT molecular complexity index is 686. The third-order valence-electron chi connectivity index (χ3n) is 4.82. The minimum atomic E-state index is -0.0452. The van der Waals surface area contributed by atoms with Gasteiger partial charge in [-0.15, -0.1) is 0 Å². The average molecular weight is 312 g/mol. The van der Waals surface area contributed by atoms with Crippen LogP contribution in [0.5, 0.6) is 0 Å². The molecule has 0 bridgehead atoms. The van der Waals surface area contributed by atoms with Crippen molar-refractivity contribution in [1.29, 1.82) is 0 Å². The van der Waals surface area contributed by atoms with Gasteiger partial charge >= 0.3 is 0 Å². The maximum absolute atomic E-state index is 12.5. The molecule has 122 valence electrons. The van der Waals surface area contributed by atoms with Gasteiger partial charge < -0.3 is 11.1 Å². The van der Waals surface area contributed by atoms with Gasteiger partial charge in [0.1, 0.15) is 5.69 Å². The number of carbonyl (C=O) groups excluding carboxylic acids is 1. The number of nitrogens with zero attached hydrogens (tertiary/aromatic N) is 2. The summed E-state index contributed by atoms with van der Waals surface area (Å²) >= 11 is 0. The molecule has 2 aromatic rings. The molecule has 1 amide bonds. The summed E-state index contributed by atoms with van der Waals surface area (Å²) in [7, 11) is 0. The number of benzene rings is 1. The van der Waals surface area contributed by atoms with Gasteiger partial charge in [-0.2, -0.15) is 5.10 Å². The summed E-state index contributed by atoms with van der Waals surface area (Å²) in [5.74, 6) is -0.0452. The van der Waals surface area contributed by atoms with E-state index in [0.717, 1.165) is 18.5 Å². The van der Waals surface area contributed by atoms with Crippen LogP contribution in [0.1, 0.15) is 41.5 Å². The second kappa shape index (κ2) is 6.16. The molecule has 0 radical (unpaired) electrons. The number of hydrogen-bond donors (Lipinski definition) is 2. The molecule has 1 aromatic carbocycles. The molecule has 0 unspecified atom stereocenters. The van der Waals surface area contributed by atoms with Crippen molar-refractivity contribution >= 4 is 5.91 Å². The smallest absolute Gasteiger partial charge is 0.269 e. The number of nitrogens with two attached hydrogens (primary N) is 1. The lowest BCUT2D eigenvalue weighted by molar-refractivity contribution is 0.0856. The molecule has 3 rings (SSSR count). The molecular formula is C18H24N4O. The van der Waals surface area contributed by atoms with Crippen molar-refractivity contribution < 1.29 is 4.79 Å². The topological polar surface area (TPSA) is 72.9 Å². The Morgan fingerprint density at radius 3 is 2.70 bits per heavy atom. The first-order valence-corrected chi connectivity index (χ1v) is 8.19. The second-order valence-corrected chi connectivity index (χ2v) is 6.42. The highest BCUT2D eigenvalue weighted by atomic mass is 16.2. The van der Waals surface area contributed by atoms with Gasteiger partial charge in [0.2, 0.25) is 0 Å². The Labute approximate surface area is 136 Å².